The molecule has 0 saturated carbocycles. The summed E-state index contributed by atoms with van der Waals surface area (Å²) in [6.45, 7) is 8.06. The topological polar surface area (TPSA) is 53.7 Å². The van der Waals surface area contributed by atoms with Gasteiger partial charge in [0.1, 0.15) is 12.0 Å². The highest BCUT2D eigenvalue weighted by atomic mass is 127. The number of nitrogens with one attached hydrogen (secondary N) is 1. The first-order valence-corrected chi connectivity index (χ1v) is 6.72. The number of likely N-dealkylation sites (tertiary alicyclic amines) is 1. The number of piperidine rings is 1. The van der Waals surface area contributed by atoms with Crippen molar-refractivity contribution in [2.24, 2.45) is 10.9 Å². The summed E-state index contributed by atoms with van der Waals surface area (Å²) in [5, 5.41) is 7.22. The second kappa shape index (κ2) is 8.39. The van der Waals surface area contributed by atoms with E-state index in [1.807, 2.05) is 6.07 Å². The molecule has 1 fully saturated rings. The lowest BCUT2D eigenvalue weighted by molar-refractivity contribution is 0.273. The van der Waals surface area contributed by atoms with Crippen molar-refractivity contribution >= 4 is 29.9 Å². The molecule has 5 nitrogen and oxygen atoms in total. The molecular formula is C13H23IN4O. The molecule has 1 aliphatic heterocycles. The van der Waals surface area contributed by atoms with Gasteiger partial charge in [0, 0.05) is 25.7 Å². The molecule has 0 bridgehead atoms. The third-order valence-corrected chi connectivity index (χ3v) is 3.30. The predicted molar refractivity (Wildman–Crippen MR) is 86.7 cm³/mol. The van der Waals surface area contributed by atoms with Gasteiger partial charge in [-0.25, -0.2) is 4.99 Å². The van der Waals surface area contributed by atoms with Gasteiger partial charge in [0.2, 0.25) is 0 Å². The summed E-state index contributed by atoms with van der Waals surface area (Å²) in [6.07, 6.45) is 4.07. The average molecular weight is 378 g/mol. The second-order valence-electron chi connectivity index (χ2n) is 4.83. The summed E-state index contributed by atoms with van der Waals surface area (Å²) in [4.78, 5) is 6.95. The van der Waals surface area contributed by atoms with Crippen molar-refractivity contribution in [1.29, 1.82) is 0 Å². The Hall–Kier alpha value is -0.790. The van der Waals surface area contributed by atoms with Crippen LogP contribution in [-0.4, -0.2) is 35.7 Å². The van der Waals surface area contributed by atoms with Crippen LogP contribution in [0.1, 0.15) is 32.4 Å². The van der Waals surface area contributed by atoms with Gasteiger partial charge in [-0.1, -0.05) is 12.1 Å². The molecule has 2 heterocycles. The largest absolute Gasteiger partial charge is 0.364 e. The van der Waals surface area contributed by atoms with Crippen molar-refractivity contribution in [1.82, 2.24) is 15.4 Å². The van der Waals surface area contributed by atoms with Crippen LogP contribution in [0, 0.1) is 5.92 Å². The lowest BCUT2D eigenvalue weighted by atomic mass is 10.00. The number of guanidine groups is 1. The molecule has 108 valence electrons. The fourth-order valence-electron chi connectivity index (χ4n) is 2.12. The monoisotopic (exact) mass is 378 g/mol. The fraction of sp³-hybridized carbons (Fsp3) is 0.692. The Balaban J connectivity index is 0.00000180. The van der Waals surface area contributed by atoms with Gasteiger partial charge in [-0.2, -0.15) is 0 Å². The maximum absolute atomic E-state index is 4.81. The molecule has 1 saturated heterocycles. The highest BCUT2D eigenvalue weighted by Gasteiger charge is 2.18. The first-order chi connectivity index (χ1) is 8.79. The molecule has 0 atom stereocenters. The molecule has 19 heavy (non-hydrogen) atoms. The summed E-state index contributed by atoms with van der Waals surface area (Å²) < 4.78 is 4.81. The third-order valence-electron chi connectivity index (χ3n) is 3.30. The minimum atomic E-state index is 0. The van der Waals surface area contributed by atoms with Crippen LogP contribution in [0.4, 0.5) is 0 Å². The summed E-state index contributed by atoms with van der Waals surface area (Å²) in [5.74, 6) is 1.83. The van der Waals surface area contributed by atoms with Gasteiger partial charge < -0.3 is 14.7 Å². The minimum absolute atomic E-state index is 0. The first-order valence-electron chi connectivity index (χ1n) is 6.72. The Morgan fingerprint density at radius 1 is 1.53 bits per heavy atom. The average Bonchev–Trinajstić information content (AvgIpc) is 2.89. The number of rotatable bonds is 3. The summed E-state index contributed by atoms with van der Waals surface area (Å²) >= 11 is 0. The Labute approximate surface area is 131 Å². The zero-order chi connectivity index (χ0) is 12.8. The normalized spacial score (nSPS) is 17.2. The van der Waals surface area contributed by atoms with E-state index in [-0.39, 0.29) is 24.0 Å². The SMILES string of the molecule is CCNC(=NCc1ccon1)N1CCC(C)CC1.I. The van der Waals surface area contributed by atoms with Gasteiger partial charge in [0.25, 0.3) is 0 Å². The van der Waals surface area contributed by atoms with Gasteiger partial charge in [-0.15, -0.1) is 24.0 Å². The summed E-state index contributed by atoms with van der Waals surface area (Å²) in [7, 11) is 0. The first kappa shape index (κ1) is 16.3. The van der Waals surface area contributed by atoms with E-state index in [4.69, 9.17) is 4.52 Å². The molecule has 0 amide bonds. The molecule has 0 unspecified atom stereocenters. The molecule has 1 aromatic rings. The van der Waals surface area contributed by atoms with Gasteiger partial charge in [0.15, 0.2) is 5.96 Å². The van der Waals surface area contributed by atoms with E-state index >= 15 is 0 Å². The van der Waals surface area contributed by atoms with Crippen LogP contribution in [0.15, 0.2) is 21.8 Å². The fourth-order valence-corrected chi connectivity index (χ4v) is 2.12. The number of hydrogen-bond donors (Lipinski definition) is 1. The molecular weight excluding hydrogens is 355 g/mol. The van der Waals surface area contributed by atoms with Gasteiger partial charge in [0.05, 0.1) is 6.54 Å². The van der Waals surface area contributed by atoms with Gasteiger partial charge in [-0.05, 0) is 25.7 Å². The molecule has 0 spiro atoms. The Morgan fingerprint density at radius 2 is 2.26 bits per heavy atom. The Kier molecular flexibility index (Phi) is 7.19. The molecule has 1 N–H and O–H groups in total. The highest BCUT2D eigenvalue weighted by molar-refractivity contribution is 14.0. The van der Waals surface area contributed by atoms with E-state index in [1.165, 1.54) is 12.8 Å². The van der Waals surface area contributed by atoms with Crippen molar-refractivity contribution in [2.45, 2.75) is 33.2 Å². The Bertz CT molecular complexity index is 372. The van der Waals surface area contributed by atoms with E-state index in [9.17, 15) is 0 Å². The predicted octanol–water partition coefficient (Wildman–Crippen LogP) is 2.49. The highest BCUT2D eigenvalue weighted by Crippen LogP contribution is 2.16. The molecule has 2 rings (SSSR count). The van der Waals surface area contributed by atoms with E-state index in [0.29, 0.717) is 6.54 Å². The van der Waals surface area contributed by atoms with Crippen LogP contribution in [-0.2, 0) is 6.54 Å². The maximum Gasteiger partial charge on any atom is 0.194 e. The molecule has 1 aliphatic rings. The van der Waals surface area contributed by atoms with Crippen LogP contribution in [0.5, 0.6) is 0 Å². The van der Waals surface area contributed by atoms with Crippen molar-refractivity contribution in [2.75, 3.05) is 19.6 Å². The zero-order valence-electron chi connectivity index (χ0n) is 11.6. The molecule has 1 aromatic heterocycles. The molecule has 0 aliphatic carbocycles. The van der Waals surface area contributed by atoms with Crippen molar-refractivity contribution in [3.63, 3.8) is 0 Å². The van der Waals surface area contributed by atoms with Crippen molar-refractivity contribution in [3.05, 3.63) is 18.0 Å². The molecule has 0 aromatic carbocycles. The minimum Gasteiger partial charge on any atom is -0.364 e. The molecule has 6 heteroatoms. The van der Waals surface area contributed by atoms with Crippen LogP contribution >= 0.6 is 24.0 Å². The molecule has 0 radical (unpaired) electrons. The maximum atomic E-state index is 4.81. The number of hydrogen-bond acceptors (Lipinski definition) is 3. The quantitative estimate of drug-likeness (QED) is 0.499. The van der Waals surface area contributed by atoms with Gasteiger partial charge >= 0.3 is 0 Å². The van der Waals surface area contributed by atoms with E-state index in [2.05, 4.69) is 34.2 Å². The van der Waals surface area contributed by atoms with E-state index < -0.39 is 0 Å². The number of aromatic nitrogens is 1. The lowest BCUT2D eigenvalue weighted by Gasteiger charge is -2.32. The standard InChI is InChI=1S/C13H22N4O.HI/c1-3-14-13(15-10-12-6-9-18-16-12)17-7-4-11(2)5-8-17;/h6,9,11H,3-5,7-8,10H2,1-2H3,(H,14,15);1H. The Morgan fingerprint density at radius 3 is 2.84 bits per heavy atom. The number of halogens is 1. The number of aliphatic imine (C=N–C) groups is 1. The summed E-state index contributed by atoms with van der Waals surface area (Å²) in [5.41, 5.74) is 0.871. The third kappa shape index (κ3) is 5.00. The van der Waals surface area contributed by atoms with E-state index in [1.54, 1.807) is 6.26 Å². The number of nitrogens with zero attached hydrogens (tertiary/aromatic N) is 3. The van der Waals surface area contributed by atoms with Crippen LogP contribution < -0.4 is 5.32 Å². The van der Waals surface area contributed by atoms with Crippen LogP contribution in [0.25, 0.3) is 0 Å². The lowest BCUT2D eigenvalue weighted by Crippen LogP contribution is -2.45. The smallest absolute Gasteiger partial charge is 0.194 e. The van der Waals surface area contributed by atoms with Crippen LogP contribution in [0.2, 0.25) is 0 Å². The van der Waals surface area contributed by atoms with E-state index in [0.717, 1.165) is 37.2 Å². The van der Waals surface area contributed by atoms with Crippen LogP contribution in [0.3, 0.4) is 0 Å². The van der Waals surface area contributed by atoms with Crippen molar-refractivity contribution in [3.8, 4) is 0 Å². The zero-order valence-corrected chi connectivity index (χ0v) is 14.0. The second-order valence-corrected chi connectivity index (χ2v) is 4.83. The van der Waals surface area contributed by atoms with Crippen molar-refractivity contribution < 1.29 is 4.52 Å². The van der Waals surface area contributed by atoms with Gasteiger partial charge in [-0.3, -0.25) is 0 Å². The summed E-state index contributed by atoms with van der Waals surface area (Å²) in [6, 6.07) is 1.85.